The number of hydrogen-bond donors (Lipinski definition) is 1. The minimum absolute atomic E-state index is 0.0108. The van der Waals surface area contributed by atoms with Gasteiger partial charge in [0.2, 0.25) is 5.01 Å². The molecule has 1 N–H and O–H groups in total. The Hall–Kier alpha value is -1.79. The maximum absolute atomic E-state index is 10.6. The minimum atomic E-state index is -1.06. The van der Waals surface area contributed by atoms with Crippen LogP contribution in [0.2, 0.25) is 0 Å². The van der Waals surface area contributed by atoms with E-state index < -0.39 is 5.97 Å². The summed E-state index contributed by atoms with van der Waals surface area (Å²) < 4.78 is 9.28. The standard InChI is InChI=1S/C11H10N2O3S/c14-11(15)10-12-9(13-17-10)7-16-6-8-4-2-1-3-5-8/h1-5H,6-7H2,(H,14,15). The summed E-state index contributed by atoms with van der Waals surface area (Å²) in [5, 5.41) is 8.66. The average Bonchev–Trinajstić information content (AvgIpc) is 2.79. The second kappa shape index (κ2) is 5.51. The molecule has 0 radical (unpaired) electrons. The summed E-state index contributed by atoms with van der Waals surface area (Å²) in [7, 11) is 0. The number of aromatic nitrogens is 2. The molecule has 0 saturated heterocycles. The van der Waals surface area contributed by atoms with Gasteiger partial charge in [-0.1, -0.05) is 30.3 Å². The van der Waals surface area contributed by atoms with E-state index in [-0.39, 0.29) is 11.6 Å². The van der Waals surface area contributed by atoms with Gasteiger partial charge in [0, 0.05) is 0 Å². The molecular formula is C11H10N2O3S. The van der Waals surface area contributed by atoms with Gasteiger partial charge >= 0.3 is 5.97 Å². The SMILES string of the molecule is O=C(O)c1nc(COCc2ccccc2)ns1. The van der Waals surface area contributed by atoms with Gasteiger partial charge in [0.15, 0.2) is 5.82 Å². The lowest BCUT2D eigenvalue weighted by molar-refractivity contribution is 0.0694. The monoisotopic (exact) mass is 250 g/mol. The Kier molecular flexibility index (Phi) is 3.79. The highest BCUT2D eigenvalue weighted by atomic mass is 32.1. The molecule has 2 aromatic rings. The van der Waals surface area contributed by atoms with E-state index in [1.54, 1.807) is 0 Å². The molecule has 1 aromatic carbocycles. The number of hydrogen-bond acceptors (Lipinski definition) is 5. The lowest BCUT2D eigenvalue weighted by Gasteiger charge is -2.00. The van der Waals surface area contributed by atoms with Gasteiger partial charge in [0.25, 0.3) is 0 Å². The Morgan fingerprint density at radius 1 is 1.29 bits per heavy atom. The van der Waals surface area contributed by atoms with E-state index in [4.69, 9.17) is 9.84 Å². The predicted octanol–water partition coefficient (Wildman–Crippen LogP) is 1.95. The number of aromatic carboxylic acids is 1. The molecule has 0 fully saturated rings. The molecule has 0 amide bonds. The molecule has 5 nitrogen and oxygen atoms in total. The summed E-state index contributed by atoms with van der Waals surface area (Å²) in [5.74, 6) is -0.653. The summed E-state index contributed by atoms with van der Waals surface area (Å²) in [4.78, 5) is 14.4. The molecular weight excluding hydrogens is 240 g/mol. The first-order valence-corrected chi connectivity index (χ1v) is 5.70. The van der Waals surface area contributed by atoms with Gasteiger partial charge in [-0.05, 0) is 17.1 Å². The van der Waals surface area contributed by atoms with Crippen LogP contribution in [0.4, 0.5) is 0 Å². The number of benzene rings is 1. The number of ether oxygens (including phenoxy) is 1. The molecule has 0 aliphatic rings. The summed E-state index contributed by atoms with van der Waals surface area (Å²) in [6.45, 7) is 0.682. The molecule has 6 heteroatoms. The van der Waals surface area contributed by atoms with Gasteiger partial charge in [-0.15, -0.1) is 0 Å². The second-order valence-electron chi connectivity index (χ2n) is 3.30. The van der Waals surface area contributed by atoms with E-state index in [0.717, 1.165) is 17.1 Å². The van der Waals surface area contributed by atoms with Crippen molar-refractivity contribution in [3.05, 3.63) is 46.7 Å². The Labute approximate surface area is 102 Å². The highest BCUT2D eigenvalue weighted by Gasteiger charge is 2.10. The molecule has 0 aliphatic carbocycles. The van der Waals surface area contributed by atoms with Crippen LogP contribution in [0.5, 0.6) is 0 Å². The number of carboxylic acids is 1. The zero-order chi connectivity index (χ0) is 12.1. The number of rotatable bonds is 5. The van der Waals surface area contributed by atoms with Crippen molar-refractivity contribution in [3.63, 3.8) is 0 Å². The minimum Gasteiger partial charge on any atom is -0.476 e. The van der Waals surface area contributed by atoms with Crippen molar-refractivity contribution in [1.29, 1.82) is 0 Å². The van der Waals surface area contributed by atoms with E-state index >= 15 is 0 Å². The van der Waals surface area contributed by atoms with Gasteiger partial charge in [0.1, 0.15) is 6.61 Å². The maximum atomic E-state index is 10.6. The lowest BCUT2D eigenvalue weighted by atomic mass is 10.2. The lowest BCUT2D eigenvalue weighted by Crippen LogP contribution is -1.98. The van der Waals surface area contributed by atoms with Crippen LogP contribution in [0.1, 0.15) is 21.2 Å². The smallest absolute Gasteiger partial charge is 0.366 e. The first-order valence-electron chi connectivity index (χ1n) is 4.93. The van der Waals surface area contributed by atoms with Crippen molar-refractivity contribution in [3.8, 4) is 0 Å². The van der Waals surface area contributed by atoms with E-state index in [1.165, 1.54) is 0 Å². The zero-order valence-electron chi connectivity index (χ0n) is 8.87. The van der Waals surface area contributed by atoms with Crippen LogP contribution in [0, 0.1) is 0 Å². The number of carbonyl (C=O) groups is 1. The van der Waals surface area contributed by atoms with Crippen LogP contribution >= 0.6 is 11.5 Å². The van der Waals surface area contributed by atoms with Gasteiger partial charge < -0.3 is 9.84 Å². The highest BCUT2D eigenvalue weighted by Crippen LogP contribution is 2.07. The summed E-state index contributed by atoms with van der Waals surface area (Å²) in [5.41, 5.74) is 1.06. The number of carboxylic acid groups (broad SMARTS) is 1. The Bertz CT molecular complexity index is 498. The number of nitrogens with zero attached hydrogens (tertiary/aromatic N) is 2. The van der Waals surface area contributed by atoms with Crippen molar-refractivity contribution in [2.45, 2.75) is 13.2 Å². The molecule has 0 aliphatic heterocycles. The van der Waals surface area contributed by atoms with Gasteiger partial charge in [-0.25, -0.2) is 9.78 Å². The largest absolute Gasteiger partial charge is 0.476 e. The quantitative estimate of drug-likeness (QED) is 0.878. The second-order valence-corrected chi connectivity index (χ2v) is 4.05. The molecule has 0 bridgehead atoms. The third-order valence-electron chi connectivity index (χ3n) is 1.99. The normalized spacial score (nSPS) is 10.4. The summed E-state index contributed by atoms with van der Waals surface area (Å²) in [6, 6.07) is 9.71. The fraction of sp³-hybridized carbons (Fsp3) is 0.182. The fourth-order valence-electron chi connectivity index (χ4n) is 1.23. The van der Waals surface area contributed by atoms with Crippen LogP contribution in [0.15, 0.2) is 30.3 Å². The van der Waals surface area contributed by atoms with E-state index in [2.05, 4.69) is 9.36 Å². The van der Waals surface area contributed by atoms with Crippen molar-refractivity contribution in [2.75, 3.05) is 0 Å². The molecule has 1 aromatic heterocycles. The predicted molar refractivity (Wildman–Crippen MR) is 61.8 cm³/mol. The van der Waals surface area contributed by atoms with Crippen molar-refractivity contribution >= 4 is 17.5 Å². The molecule has 0 unspecified atom stereocenters. The van der Waals surface area contributed by atoms with Gasteiger partial charge in [-0.2, -0.15) is 4.37 Å². The first-order chi connectivity index (χ1) is 8.25. The van der Waals surface area contributed by atoms with Crippen LogP contribution in [-0.2, 0) is 18.0 Å². The van der Waals surface area contributed by atoms with E-state index in [0.29, 0.717) is 12.4 Å². The molecule has 17 heavy (non-hydrogen) atoms. The Morgan fingerprint density at radius 2 is 2.06 bits per heavy atom. The molecule has 0 atom stereocenters. The average molecular weight is 250 g/mol. The van der Waals surface area contributed by atoms with Crippen molar-refractivity contribution in [1.82, 2.24) is 9.36 Å². The Morgan fingerprint density at radius 3 is 2.71 bits per heavy atom. The first kappa shape index (κ1) is 11.7. The third kappa shape index (κ3) is 3.33. The van der Waals surface area contributed by atoms with Crippen molar-refractivity contribution < 1.29 is 14.6 Å². The van der Waals surface area contributed by atoms with Crippen LogP contribution < -0.4 is 0 Å². The van der Waals surface area contributed by atoms with Gasteiger partial charge in [0.05, 0.1) is 6.61 Å². The molecule has 2 rings (SSSR count). The summed E-state index contributed by atoms with van der Waals surface area (Å²) >= 11 is 0.863. The van der Waals surface area contributed by atoms with Crippen LogP contribution in [0.3, 0.4) is 0 Å². The van der Waals surface area contributed by atoms with E-state index in [1.807, 2.05) is 30.3 Å². The Balaban J connectivity index is 1.84. The van der Waals surface area contributed by atoms with Crippen LogP contribution in [0.25, 0.3) is 0 Å². The van der Waals surface area contributed by atoms with Crippen molar-refractivity contribution in [2.24, 2.45) is 0 Å². The molecule has 88 valence electrons. The maximum Gasteiger partial charge on any atom is 0.366 e. The molecule has 0 saturated carbocycles. The topological polar surface area (TPSA) is 72.3 Å². The van der Waals surface area contributed by atoms with Gasteiger partial charge in [-0.3, -0.25) is 0 Å². The molecule has 0 spiro atoms. The zero-order valence-corrected chi connectivity index (χ0v) is 9.68. The van der Waals surface area contributed by atoms with Crippen LogP contribution in [-0.4, -0.2) is 20.4 Å². The fourth-order valence-corrected chi connectivity index (χ4v) is 1.74. The van der Waals surface area contributed by atoms with E-state index in [9.17, 15) is 4.79 Å². The molecule has 1 heterocycles. The highest BCUT2D eigenvalue weighted by molar-refractivity contribution is 7.07. The third-order valence-corrected chi connectivity index (χ3v) is 2.73. The summed E-state index contributed by atoms with van der Waals surface area (Å²) in [6.07, 6.45) is 0.